The second-order valence-electron chi connectivity index (χ2n) is 6.25. The zero-order valence-corrected chi connectivity index (χ0v) is 16.5. The predicted molar refractivity (Wildman–Crippen MR) is 108 cm³/mol. The average molecular weight is 401 g/mol. The van der Waals surface area contributed by atoms with Crippen molar-refractivity contribution in [3.8, 4) is 5.75 Å². The molecule has 7 nitrogen and oxygen atoms in total. The molecule has 28 heavy (non-hydrogen) atoms. The quantitative estimate of drug-likeness (QED) is 0.417. The number of hydrogen-bond acceptors (Lipinski definition) is 6. The minimum atomic E-state index is -3.74. The summed E-state index contributed by atoms with van der Waals surface area (Å²) in [5.74, 6) is 0.999. The Morgan fingerprint density at radius 1 is 1.18 bits per heavy atom. The molecule has 0 spiro atoms. The third kappa shape index (κ3) is 4.58. The molecule has 0 aromatic heterocycles. The summed E-state index contributed by atoms with van der Waals surface area (Å²) in [5, 5.41) is 15.1. The number of aliphatic hydroxyl groups excluding tert-OH is 1. The lowest BCUT2D eigenvalue weighted by molar-refractivity contribution is 0.254. The van der Waals surface area contributed by atoms with Crippen molar-refractivity contribution in [2.75, 3.05) is 19.8 Å². The topological polar surface area (TPSA) is 91.6 Å². The molecule has 1 aliphatic rings. The van der Waals surface area contributed by atoms with Gasteiger partial charge in [-0.2, -0.15) is 13.5 Å². The van der Waals surface area contributed by atoms with Gasteiger partial charge in [0.05, 0.1) is 26.0 Å². The van der Waals surface area contributed by atoms with Crippen molar-refractivity contribution in [3.63, 3.8) is 0 Å². The van der Waals surface area contributed by atoms with Gasteiger partial charge < -0.3 is 9.84 Å². The van der Waals surface area contributed by atoms with Gasteiger partial charge in [-0.05, 0) is 48.4 Å². The van der Waals surface area contributed by atoms with E-state index in [1.54, 1.807) is 24.4 Å². The van der Waals surface area contributed by atoms with E-state index in [1.807, 2.05) is 24.3 Å². The summed E-state index contributed by atoms with van der Waals surface area (Å²) in [4.78, 5) is 0.150. The number of benzene rings is 2. The Balaban J connectivity index is 1.79. The maximum absolute atomic E-state index is 12.2. The maximum atomic E-state index is 12.2. The molecule has 0 aliphatic carbocycles. The van der Waals surface area contributed by atoms with Crippen LogP contribution in [-0.4, -0.2) is 50.3 Å². The third-order valence-electron chi connectivity index (χ3n) is 4.16. The highest BCUT2D eigenvalue weighted by Gasteiger charge is 2.31. The van der Waals surface area contributed by atoms with Crippen LogP contribution in [0.5, 0.6) is 5.75 Å². The molecule has 0 saturated heterocycles. The molecule has 8 heteroatoms. The van der Waals surface area contributed by atoms with Crippen LogP contribution >= 0.6 is 0 Å². The van der Waals surface area contributed by atoms with E-state index in [0.717, 1.165) is 24.2 Å². The first kappa shape index (κ1) is 20.0. The van der Waals surface area contributed by atoms with Gasteiger partial charge >= 0.3 is 0 Å². The smallest absolute Gasteiger partial charge is 0.285 e. The van der Waals surface area contributed by atoms with E-state index >= 15 is 0 Å². The average Bonchev–Trinajstić information content (AvgIpc) is 2.98. The van der Waals surface area contributed by atoms with Crippen LogP contribution in [0.25, 0.3) is 0 Å². The number of hydrogen-bond donors (Lipinski definition) is 1. The zero-order valence-electron chi connectivity index (χ0n) is 15.7. The highest BCUT2D eigenvalue weighted by Crippen LogP contribution is 2.27. The van der Waals surface area contributed by atoms with Crippen LogP contribution in [0.3, 0.4) is 0 Å². The molecule has 1 aliphatic heterocycles. The summed E-state index contributed by atoms with van der Waals surface area (Å²) in [5.41, 5.74) is 1.30. The molecule has 1 heterocycles. The van der Waals surface area contributed by atoms with Crippen LogP contribution in [0.4, 0.5) is 0 Å². The van der Waals surface area contributed by atoms with Crippen LogP contribution in [-0.2, 0) is 10.0 Å². The van der Waals surface area contributed by atoms with E-state index < -0.39 is 10.0 Å². The summed E-state index contributed by atoms with van der Waals surface area (Å²) in [7, 11) is -3.74. The first-order chi connectivity index (χ1) is 13.5. The van der Waals surface area contributed by atoms with Gasteiger partial charge in [-0.3, -0.25) is 0 Å². The van der Waals surface area contributed by atoms with Gasteiger partial charge in [-0.25, -0.2) is 5.01 Å². The number of amidine groups is 1. The van der Waals surface area contributed by atoms with E-state index in [2.05, 4.69) is 16.4 Å². The van der Waals surface area contributed by atoms with Gasteiger partial charge in [0.15, 0.2) is 5.84 Å². The molecule has 2 aromatic rings. The van der Waals surface area contributed by atoms with Crippen molar-refractivity contribution in [1.82, 2.24) is 5.01 Å². The van der Waals surface area contributed by atoms with Crippen LogP contribution in [0.15, 0.2) is 62.9 Å². The molecule has 0 atom stereocenters. The van der Waals surface area contributed by atoms with Crippen molar-refractivity contribution in [2.24, 2.45) is 9.50 Å². The second kappa shape index (κ2) is 8.99. The lowest BCUT2D eigenvalue weighted by atomic mass is 10.2. The van der Waals surface area contributed by atoms with Gasteiger partial charge in [0.1, 0.15) is 10.6 Å². The van der Waals surface area contributed by atoms with Crippen LogP contribution in [0, 0.1) is 0 Å². The number of rotatable bonds is 8. The van der Waals surface area contributed by atoms with Crippen molar-refractivity contribution >= 4 is 22.1 Å². The van der Waals surface area contributed by atoms with Gasteiger partial charge in [-0.1, -0.05) is 25.5 Å². The first-order valence-electron chi connectivity index (χ1n) is 9.15. The second-order valence-corrected chi connectivity index (χ2v) is 7.82. The Morgan fingerprint density at radius 2 is 1.93 bits per heavy atom. The largest absolute Gasteiger partial charge is 0.494 e. The Labute approximate surface area is 165 Å². The number of ether oxygens (including phenoxy) is 1. The number of sulfonamides is 1. The first-order valence-corrected chi connectivity index (χ1v) is 10.6. The number of hydrazone groups is 1. The highest BCUT2D eigenvalue weighted by atomic mass is 32.2. The van der Waals surface area contributed by atoms with Crippen molar-refractivity contribution in [2.45, 2.75) is 24.7 Å². The Kier molecular flexibility index (Phi) is 6.43. The SMILES string of the molecule is CCCCOc1ccc(C=NN(CCO)C2=NS(=O)(=O)c3ccccc32)cc1. The van der Waals surface area contributed by atoms with E-state index in [-0.39, 0.29) is 23.9 Å². The monoisotopic (exact) mass is 401 g/mol. The summed E-state index contributed by atoms with van der Waals surface area (Å²) >= 11 is 0. The minimum Gasteiger partial charge on any atom is -0.494 e. The molecule has 0 amide bonds. The van der Waals surface area contributed by atoms with Crippen LogP contribution in [0.1, 0.15) is 30.9 Å². The molecule has 0 unspecified atom stereocenters. The molecule has 0 fully saturated rings. The fraction of sp³-hybridized carbons (Fsp3) is 0.300. The zero-order chi connectivity index (χ0) is 20.0. The van der Waals surface area contributed by atoms with Crippen molar-refractivity contribution in [3.05, 3.63) is 59.7 Å². The standard InChI is InChI=1S/C20H23N3O4S/c1-2-3-14-27-17-10-8-16(9-11-17)15-21-23(12-13-24)20-18-6-4-5-7-19(18)28(25,26)22-20/h4-11,15,24H,2-3,12-14H2,1H3. The summed E-state index contributed by atoms with van der Waals surface area (Å²) in [6, 6.07) is 14.0. The number of fused-ring (bicyclic) bond motifs is 1. The fourth-order valence-corrected chi connectivity index (χ4v) is 3.91. The minimum absolute atomic E-state index is 0.122. The normalized spacial score (nSPS) is 14.7. The number of nitrogens with zero attached hydrogens (tertiary/aromatic N) is 3. The van der Waals surface area contributed by atoms with Crippen molar-refractivity contribution in [1.29, 1.82) is 0 Å². The van der Waals surface area contributed by atoms with E-state index in [0.29, 0.717) is 12.2 Å². The summed E-state index contributed by atoms with van der Waals surface area (Å²) in [6.07, 6.45) is 3.68. The van der Waals surface area contributed by atoms with E-state index in [1.165, 1.54) is 11.1 Å². The lowest BCUT2D eigenvalue weighted by Crippen LogP contribution is -2.28. The predicted octanol–water partition coefficient (Wildman–Crippen LogP) is 2.64. The Hall–Kier alpha value is -2.71. The van der Waals surface area contributed by atoms with Crippen LogP contribution < -0.4 is 4.74 Å². The van der Waals surface area contributed by atoms with Crippen molar-refractivity contribution < 1.29 is 18.3 Å². The molecule has 148 valence electrons. The van der Waals surface area contributed by atoms with Gasteiger partial charge in [0.2, 0.25) is 0 Å². The molecule has 0 bridgehead atoms. The Bertz CT molecular complexity index is 969. The van der Waals surface area contributed by atoms with E-state index in [4.69, 9.17) is 4.74 Å². The molecule has 1 N–H and O–H groups in total. The molecular formula is C20H23N3O4S. The molecular weight excluding hydrogens is 378 g/mol. The number of unbranched alkanes of at least 4 members (excludes halogenated alkanes) is 1. The Morgan fingerprint density at radius 3 is 2.64 bits per heavy atom. The fourth-order valence-electron chi connectivity index (χ4n) is 2.71. The molecule has 0 radical (unpaired) electrons. The third-order valence-corrected chi connectivity index (χ3v) is 5.49. The van der Waals surface area contributed by atoms with Gasteiger partial charge in [-0.15, -0.1) is 4.40 Å². The molecule has 0 saturated carbocycles. The van der Waals surface area contributed by atoms with Gasteiger partial charge in [0.25, 0.3) is 10.0 Å². The summed E-state index contributed by atoms with van der Waals surface area (Å²) in [6.45, 7) is 2.72. The maximum Gasteiger partial charge on any atom is 0.285 e. The highest BCUT2D eigenvalue weighted by molar-refractivity contribution is 7.90. The lowest BCUT2D eigenvalue weighted by Gasteiger charge is -2.17. The van der Waals surface area contributed by atoms with Gasteiger partial charge in [0, 0.05) is 5.56 Å². The summed E-state index contributed by atoms with van der Waals surface area (Å²) < 4.78 is 34.0. The molecule has 3 rings (SSSR count). The number of aliphatic hydroxyl groups is 1. The molecule has 2 aromatic carbocycles. The van der Waals surface area contributed by atoms with E-state index in [9.17, 15) is 13.5 Å². The van der Waals surface area contributed by atoms with Crippen LogP contribution in [0.2, 0.25) is 0 Å².